The predicted octanol–water partition coefficient (Wildman–Crippen LogP) is 2.85. The lowest BCUT2D eigenvalue weighted by Crippen LogP contribution is -2.41. The van der Waals surface area contributed by atoms with Crippen molar-refractivity contribution in [1.29, 1.82) is 0 Å². The van der Waals surface area contributed by atoms with Crippen LogP contribution >= 0.6 is 12.2 Å². The normalized spacial score (nSPS) is 11.5. The molecular formula is C22H29N3O4S2. The monoisotopic (exact) mass is 463 g/mol. The molecule has 0 heterocycles. The smallest absolute Gasteiger partial charge is 0.267 e. The van der Waals surface area contributed by atoms with Crippen molar-refractivity contribution in [2.45, 2.75) is 44.0 Å². The van der Waals surface area contributed by atoms with E-state index < -0.39 is 15.6 Å². The summed E-state index contributed by atoms with van der Waals surface area (Å²) in [5.41, 5.74) is 0.943. The molecule has 0 spiro atoms. The maximum atomic E-state index is 12.8. The van der Waals surface area contributed by atoms with Crippen molar-refractivity contribution in [3.8, 4) is 5.75 Å². The average molecular weight is 464 g/mol. The lowest BCUT2D eigenvalue weighted by atomic mass is 9.94. The molecule has 0 radical (unpaired) electrons. The van der Waals surface area contributed by atoms with Gasteiger partial charge in [-0.3, -0.25) is 9.52 Å². The van der Waals surface area contributed by atoms with Gasteiger partial charge in [0.1, 0.15) is 10.6 Å². The molecule has 0 atom stereocenters. The van der Waals surface area contributed by atoms with Crippen LogP contribution in [0.15, 0.2) is 53.4 Å². The van der Waals surface area contributed by atoms with Gasteiger partial charge in [0.15, 0.2) is 5.11 Å². The summed E-state index contributed by atoms with van der Waals surface area (Å²) < 4.78 is 33.5. The van der Waals surface area contributed by atoms with E-state index >= 15 is 0 Å². The minimum atomic E-state index is -3.98. The highest BCUT2D eigenvalue weighted by atomic mass is 32.2. The van der Waals surface area contributed by atoms with Crippen molar-refractivity contribution >= 4 is 33.3 Å². The molecule has 0 saturated carbocycles. The van der Waals surface area contributed by atoms with E-state index in [1.165, 1.54) is 13.1 Å². The Balaban J connectivity index is 2.26. The highest BCUT2D eigenvalue weighted by molar-refractivity contribution is 7.92. The number of nitrogens with one attached hydrogen (secondary N) is 3. The molecule has 9 heteroatoms. The molecule has 7 nitrogen and oxygen atoms in total. The molecule has 2 aromatic carbocycles. The summed E-state index contributed by atoms with van der Waals surface area (Å²) in [4.78, 5) is 12.6. The Bertz CT molecular complexity index is 1020. The van der Waals surface area contributed by atoms with Crippen LogP contribution in [0.2, 0.25) is 0 Å². The van der Waals surface area contributed by atoms with Crippen LogP contribution in [0.5, 0.6) is 5.75 Å². The Morgan fingerprint density at radius 3 is 2.42 bits per heavy atom. The molecule has 0 unspecified atom stereocenters. The minimum Gasteiger partial charge on any atom is -0.492 e. The average Bonchev–Trinajstić information content (AvgIpc) is 2.72. The van der Waals surface area contributed by atoms with Crippen LogP contribution < -0.4 is 20.1 Å². The van der Waals surface area contributed by atoms with Crippen molar-refractivity contribution in [2.24, 2.45) is 0 Å². The predicted molar refractivity (Wildman–Crippen MR) is 126 cm³/mol. The van der Waals surface area contributed by atoms with Crippen molar-refractivity contribution in [3.05, 3.63) is 59.7 Å². The van der Waals surface area contributed by atoms with Gasteiger partial charge in [0.25, 0.3) is 10.0 Å². The molecule has 168 valence electrons. The van der Waals surface area contributed by atoms with E-state index in [4.69, 9.17) is 17.0 Å². The van der Waals surface area contributed by atoms with Crippen LogP contribution in [0.3, 0.4) is 0 Å². The van der Waals surface area contributed by atoms with Crippen LogP contribution in [0, 0.1) is 0 Å². The first-order valence-electron chi connectivity index (χ1n) is 9.96. The second kappa shape index (κ2) is 10.6. The molecule has 2 rings (SSSR count). The molecule has 0 aliphatic carbocycles. The van der Waals surface area contributed by atoms with E-state index in [-0.39, 0.29) is 28.1 Å². The van der Waals surface area contributed by atoms with Gasteiger partial charge in [-0.25, -0.2) is 8.42 Å². The summed E-state index contributed by atoms with van der Waals surface area (Å²) >= 11 is 4.94. The standard InChI is InChI=1S/C22H29N3O4S2/c1-5-13-29-18-12-11-16(14-19(18)31(27,28)25-21(30)23-4)15-20(26)24-22(2,3)17-9-7-6-8-10-17/h6-12,14H,5,13,15H2,1-4H3,(H,24,26)(H2,23,25,30). The Morgan fingerprint density at radius 1 is 1.13 bits per heavy atom. The summed E-state index contributed by atoms with van der Waals surface area (Å²) in [6, 6.07) is 14.3. The van der Waals surface area contributed by atoms with E-state index in [1.807, 2.05) is 51.1 Å². The molecular weight excluding hydrogens is 434 g/mol. The third kappa shape index (κ3) is 6.93. The highest BCUT2D eigenvalue weighted by Gasteiger charge is 2.25. The largest absolute Gasteiger partial charge is 0.492 e. The molecule has 1 amide bonds. The fourth-order valence-electron chi connectivity index (χ4n) is 2.94. The molecule has 0 aliphatic heterocycles. The Kier molecular flexibility index (Phi) is 8.41. The van der Waals surface area contributed by atoms with Gasteiger partial charge < -0.3 is 15.4 Å². The van der Waals surface area contributed by atoms with Gasteiger partial charge in [0.2, 0.25) is 5.91 Å². The van der Waals surface area contributed by atoms with Gasteiger partial charge in [-0.05, 0) is 55.7 Å². The maximum Gasteiger partial charge on any atom is 0.267 e. The Hall–Kier alpha value is -2.65. The van der Waals surface area contributed by atoms with Gasteiger partial charge in [-0.15, -0.1) is 0 Å². The molecule has 0 aliphatic rings. The maximum absolute atomic E-state index is 12.8. The number of hydrogen-bond acceptors (Lipinski definition) is 5. The van der Waals surface area contributed by atoms with E-state index in [9.17, 15) is 13.2 Å². The van der Waals surface area contributed by atoms with E-state index in [0.29, 0.717) is 12.2 Å². The lowest BCUT2D eigenvalue weighted by Gasteiger charge is -2.27. The molecule has 2 aromatic rings. The second-order valence-electron chi connectivity index (χ2n) is 7.53. The molecule has 0 bridgehead atoms. The number of benzene rings is 2. The number of carbonyl (C=O) groups excluding carboxylic acids is 1. The third-order valence-electron chi connectivity index (χ3n) is 4.53. The van der Waals surface area contributed by atoms with Crippen LogP contribution in [-0.4, -0.2) is 33.1 Å². The first kappa shape index (κ1) is 24.6. The molecule has 0 fully saturated rings. The molecule has 31 heavy (non-hydrogen) atoms. The van der Waals surface area contributed by atoms with Gasteiger partial charge in [0, 0.05) is 7.05 Å². The summed E-state index contributed by atoms with van der Waals surface area (Å²) in [6.45, 7) is 6.13. The van der Waals surface area contributed by atoms with Crippen molar-refractivity contribution in [3.63, 3.8) is 0 Å². The zero-order valence-electron chi connectivity index (χ0n) is 18.2. The zero-order chi connectivity index (χ0) is 23.1. The van der Waals surface area contributed by atoms with E-state index in [1.54, 1.807) is 12.1 Å². The fourth-order valence-corrected chi connectivity index (χ4v) is 4.42. The summed E-state index contributed by atoms with van der Waals surface area (Å²) in [5.74, 6) is -0.0137. The second-order valence-corrected chi connectivity index (χ2v) is 9.59. The number of rotatable bonds is 9. The Labute approximate surface area is 189 Å². The van der Waals surface area contributed by atoms with Crippen molar-refractivity contribution in [2.75, 3.05) is 13.7 Å². The van der Waals surface area contributed by atoms with Crippen LogP contribution in [-0.2, 0) is 26.8 Å². The molecule has 0 saturated heterocycles. The number of hydrogen-bond donors (Lipinski definition) is 3. The van der Waals surface area contributed by atoms with Crippen LogP contribution in [0.1, 0.15) is 38.3 Å². The topological polar surface area (TPSA) is 96.5 Å². The van der Waals surface area contributed by atoms with Crippen molar-refractivity contribution < 1.29 is 17.9 Å². The number of ether oxygens (including phenoxy) is 1. The van der Waals surface area contributed by atoms with Gasteiger partial charge in [-0.1, -0.05) is 43.3 Å². The number of sulfonamides is 1. The van der Waals surface area contributed by atoms with Gasteiger partial charge in [-0.2, -0.15) is 0 Å². The first-order chi connectivity index (χ1) is 14.6. The quantitative estimate of drug-likeness (QED) is 0.495. The fraction of sp³-hybridized carbons (Fsp3) is 0.364. The van der Waals surface area contributed by atoms with E-state index in [2.05, 4.69) is 15.4 Å². The minimum absolute atomic E-state index is 0.0172. The molecule has 3 N–H and O–H groups in total. The highest BCUT2D eigenvalue weighted by Crippen LogP contribution is 2.26. The summed E-state index contributed by atoms with van der Waals surface area (Å²) in [7, 11) is -2.46. The van der Waals surface area contributed by atoms with Crippen LogP contribution in [0.4, 0.5) is 0 Å². The van der Waals surface area contributed by atoms with Gasteiger partial charge >= 0.3 is 0 Å². The Morgan fingerprint density at radius 2 is 1.81 bits per heavy atom. The SMILES string of the molecule is CCCOc1ccc(CC(=O)NC(C)(C)c2ccccc2)cc1S(=O)(=O)NC(=S)NC. The third-order valence-corrected chi connectivity index (χ3v) is 6.33. The van der Waals surface area contributed by atoms with Crippen LogP contribution in [0.25, 0.3) is 0 Å². The van der Waals surface area contributed by atoms with Gasteiger partial charge in [0.05, 0.1) is 18.6 Å². The number of thiocarbonyl (C=S) groups is 1. The van der Waals surface area contributed by atoms with Crippen molar-refractivity contribution in [1.82, 2.24) is 15.4 Å². The van der Waals surface area contributed by atoms with E-state index in [0.717, 1.165) is 12.0 Å². The number of amides is 1. The zero-order valence-corrected chi connectivity index (χ0v) is 19.8. The summed E-state index contributed by atoms with van der Waals surface area (Å²) in [5, 5.41) is 5.55. The summed E-state index contributed by atoms with van der Waals surface area (Å²) in [6.07, 6.45) is 0.740. The molecule has 0 aromatic heterocycles. The lowest BCUT2D eigenvalue weighted by molar-refractivity contribution is -0.122. The first-order valence-corrected chi connectivity index (χ1v) is 11.8. The number of carbonyl (C=O) groups is 1.